The number of carbonyl (C=O) groups is 1. The van der Waals surface area contributed by atoms with Crippen molar-refractivity contribution in [1.29, 1.82) is 0 Å². The van der Waals surface area contributed by atoms with Crippen LogP contribution in [0.5, 0.6) is 0 Å². The van der Waals surface area contributed by atoms with Crippen molar-refractivity contribution in [3.05, 3.63) is 52.5 Å². The molecule has 1 N–H and O–H groups in total. The molecule has 2 heterocycles. The summed E-state index contributed by atoms with van der Waals surface area (Å²) in [6.45, 7) is 1.85. The number of hydrogen-bond donors (Lipinski definition) is 1. The van der Waals surface area contributed by atoms with Gasteiger partial charge in [-0.3, -0.25) is 4.79 Å². The molecule has 0 atom stereocenters. The second-order valence-corrected chi connectivity index (χ2v) is 4.55. The van der Waals surface area contributed by atoms with Gasteiger partial charge in [0.25, 0.3) is 0 Å². The van der Waals surface area contributed by atoms with Crippen molar-refractivity contribution < 1.29 is 9.21 Å². The molecule has 18 heavy (non-hydrogen) atoms. The Morgan fingerprint density at radius 2 is 2.22 bits per heavy atom. The Labute approximate surface area is 113 Å². The minimum absolute atomic E-state index is 0.251. The predicted octanol–water partition coefficient (Wildman–Crippen LogP) is 3.40. The monoisotopic (exact) mass is 306 g/mol. The molecule has 0 aliphatic carbocycles. The van der Waals surface area contributed by atoms with Crippen LogP contribution in [0.2, 0.25) is 0 Å². The number of aryl methyl sites for hydroxylation is 1. The van der Waals surface area contributed by atoms with Gasteiger partial charge < -0.3 is 9.73 Å². The lowest BCUT2D eigenvalue weighted by atomic mass is 10.3. The lowest BCUT2D eigenvalue weighted by Gasteiger charge is -2.00. The van der Waals surface area contributed by atoms with Crippen LogP contribution in [0.1, 0.15) is 11.5 Å². The molecule has 0 aliphatic heterocycles. The van der Waals surface area contributed by atoms with Gasteiger partial charge in [-0.15, -0.1) is 0 Å². The van der Waals surface area contributed by atoms with Crippen LogP contribution in [0.4, 0.5) is 5.82 Å². The van der Waals surface area contributed by atoms with E-state index in [4.69, 9.17) is 4.42 Å². The standard InChI is InChI=1S/C13H11BrN2O2/c1-9-2-4-11(18-9)5-7-13(17)16-12-6-3-10(14)8-15-12/h2-8H,1H3,(H,15,16,17)/b7-5+. The maximum atomic E-state index is 11.6. The zero-order valence-electron chi connectivity index (χ0n) is 9.68. The topological polar surface area (TPSA) is 55.1 Å². The first-order valence-electron chi connectivity index (χ1n) is 5.30. The van der Waals surface area contributed by atoms with Gasteiger partial charge in [-0.1, -0.05) is 0 Å². The van der Waals surface area contributed by atoms with Gasteiger partial charge in [0.2, 0.25) is 5.91 Å². The highest BCUT2D eigenvalue weighted by atomic mass is 79.9. The van der Waals surface area contributed by atoms with Gasteiger partial charge in [0.05, 0.1) is 0 Å². The number of nitrogens with zero attached hydrogens (tertiary/aromatic N) is 1. The molecule has 0 spiro atoms. The highest BCUT2D eigenvalue weighted by Gasteiger charge is 1.99. The van der Waals surface area contributed by atoms with Gasteiger partial charge in [0.15, 0.2) is 0 Å². The van der Waals surface area contributed by atoms with Gasteiger partial charge in [0.1, 0.15) is 17.3 Å². The summed E-state index contributed by atoms with van der Waals surface area (Å²) >= 11 is 3.27. The van der Waals surface area contributed by atoms with Crippen LogP contribution < -0.4 is 5.32 Å². The lowest BCUT2D eigenvalue weighted by Crippen LogP contribution is -2.08. The van der Waals surface area contributed by atoms with E-state index in [0.29, 0.717) is 11.6 Å². The minimum atomic E-state index is -0.251. The number of pyridine rings is 1. The van der Waals surface area contributed by atoms with Crippen LogP contribution >= 0.6 is 15.9 Å². The first kappa shape index (κ1) is 12.6. The van der Waals surface area contributed by atoms with E-state index in [1.54, 1.807) is 24.4 Å². The average molecular weight is 307 g/mol. The zero-order chi connectivity index (χ0) is 13.0. The Bertz CT molecular complexity index is 573. The number of amides is 1. The molecule has 0 saturated heterocycles. The predicted molar refractivity (Wildman–Crippen MR) is 73.0 cm³/mol. The summed E-state index contributed by atoms with van der Waals surface area (Å²) in [5, 5.41) is 2.65. The molecule has 1 amide bonds. The van der Waals surface area contributed by atoms with E-state index in [1.807, 2.05) is 19.1 Å². The smallest absolute Gasteiger partial charge is 0.249 e. The van der Waals surface area contributed by atoms with Crippen LogP contribution in [0.15, 0.2) is 45.4 Å². The Morgan fingerprint density at radius 3 is 2.83 bits per heavy atom. The van der Waals surface area contributed by atoms with E-state index in [2.05, 4.69) is 26.2 Å². The van der Waals surface area contributed by atoms with Crippen molar-refractivity contribution in [3.63, 3.8) is 0 Å². The van der Waals surface area contributed by atoms with Crippen LogP contribution in [-0.2, 0) is 4.79 Å². The SMILES string of the molecule is Cc1ccc(/C=C/C(=O)Nc2ccc(Br)cn2)o1. The molecule has 2 rings (SSSR count). The van der Waals surface area contributed by atoms with Crippen molar-refractivity contribution >= 4 is 33.7 Å². The summed E-state index contributed by atoms with van der Waals surface area (Å²) in [6, 6.07) is 7.17. The number of carbonyl (C=O) groups excluding carboxylic acids is 1. The fourth-order valence-electron chi connectivity index (χ4n) is 1.32. The molecule has 0 fully saturated rings. The van der Waals surface area contributed by atoms with E-state index < -0.39 is 0 Å². The quantitative estimate of drug-likeness (QED) is 0.884. The van der Waals surface area contributed by atoms with Crippen LogP contribution in [0.3, 0.4) is 0 Å². The summed E-state index contributed by atoms with van der Waals surface area (Å²) in [5.41, 5.74) is 0. The third kappa shape index (κ3) is 3.56. The van der Waals surface area contributed by atoms with E-state index in [9.17, 15) is 4.79 Å². The Morgan fingerprint density at radius 1 is 1.39 bits per heavy atom. The molecule has 0 bridgehead atoms. The molecule has 0 aliphatic rings. The van der Waals surface area contributed by atoms with Gasteiger partial charge >= 0.3 is 0 Å². The third-order valence-electron chi connectivity index (χ3n) is 2.14. The highest BCUT2D eigenvalue weighted by Crippen LogP contribution is 2.11. The maximum Gasteiger partial charge on any atom is 0.249 e. The molecule has 4 nitrogen and oxygen atoms in total. The van der Waals surface area contributed by atoms with E-state index in [0.717, 1.165) is 10.2 Å². The second-order valence-electron chi connectivity index (χ2n) is 3.63. The summed E-state index contributed by atoms with van der Waals surface area (Å²) in [5.74, 6) is 1.71. The molecular weight excluding hydrogens is 296 g/mol. The molecule has 5 heteroatoms. The first-order valence-corrected chi connectivity index (χ1v) is 6.10. The van der Waals surface area contributed by atoms with Crippen molar-refractivity contribution in [3.8, 4) is 0 Å². The van der Waals surface area contributed by atoms with Crippen LogP contribution in [-0.4, -0.2) is 10.9 Å². The number of anilines is 1. The Kier molecular flexibility index (Phi) is 3.94. The van der Waals surface area contributed by atoms with Crippen molar-refractivity contribution in [1.82, 2.24) is 4.98 Å². The van der Waals surface area contributed by atoms with Crippen LogP contribution in [0, 0.1) is 6.92 Å². The average Bonchev–Trinajstić information content (AvgIpc) is 2.76. The van der Waals surface area contributed by atoms with Crippen molar-refractivity contribution in [2.24, 2.45) is 0 Å². The van der Waals surface area contributed by atoms with Gasteiger partial charge in [-0.05, 0) is 53.2 Å². The third-order valence-corrected chi connectivity index (χ3v) is 2.61. The zero-order valence-corrected chi connectivity index (χ0v) is 11.3. The van der Waals surface area contributed by atoms with Crippen molar-refractivity contribution in [2.75, 3.05) is 5.32 Å². The summed E-state index contributed by atoms with van der Waals surface area (Å²) in [7, 11) is 0. The molecular formula is C13H11BrN2O2. The number of nitrogens with one attached hydrogen (secondary N) is 1. The summed E-state index contributed by atoms with van der Waals surface area (Å²) in [6.07, 6.45) is 4.64. The summed E-state index contributed by atoms with van der Waals surface area (Å²) < 4.78 is 6.17. The van der Waals surface area contributed by atoms with E-state index in [1.165, 1.54) is 6.08 Å². The molecule has 0 unspecified atom stereocenters. The number of hydrogen-bond acceptors (Lipinski definition) is 3. The fourth-order valence-corrected chi connectivity index (χ4v) is 1.55. The van der Waals surface area contributed by atoms with Crippen molar-refractivity contribution in [2.45, 2.75) is 6.92 Å². The fraction of sp³-hybridized carbons (Fsp3) is 0.0769. The first-order chi connectivity index (χ1) is 8.63. The second kappa shape index (κ2) is 5.64. The Hall–Kier alpha value is -1.88. The van der Waals surface area contributed by atoms with Crippen LogP contribution in [0.25, 0.3) is 6.08 Å². The van der Waals surface area contributed by atoms with Gasteiger partial charge in [-0.2, -0.15) is 0 Å². The summed E-state index contributed by atoms with van der Waals surface area (Å²) in [4.78, 5) is 15.6. The number of rotatable bonds is 3. The molecule has 2 aromatic rings. The normalized spacial score (nSPS) is 10.8. The molecule has 2 aromatic heterocycles. The Balaban J connectivity index is 1.96. The number of halogens is 1. The molecule has 0 saturated carbocycles. The number of furan rings is 1. The molecule has 0 radical (unpaired) electrons. The number of aromatic nitrogens is 1. The maximum absolute atomic E-state index is 11.6. The van der Waals surface area contributed by atoms with Gasteiger partial charge in [0, 0.05) is 16.7 Å². The van der Waals surface area contributed by atoms with E-state index in [-0.39, 0.29) is 5.91 Å². The lowest BCUT2D eigenvalue weighted by molar-refractivity contribution is -0.111. The van der Waals surface area contributed by atoms with Gasteiger partial charge in [-0.25, -0.2) is 4.98 Å². The molecule has 0 aromatic carbocycles. The molecule has 92 valence electrons. The minimum Gasteiger partial charge on any atom is -0.462 e. The van der Waals surface area contributed by atoms with E-state index >= 15 is 0 Å². The largest absolute Gasteiger partial charge is 0.462 e. The highest BCUT2D eigenvalue weighted by molar-refractivity contribution is 9.10.